The Morgan fingerprint density at radius 2 is 2.29 bits per heavy atom. The Balaban J connectivity index is 2.71. The second-order valence-electron chi connectivity index (χ2n) is 3.48. The molecular weight excluding hydrogens is 244 g/mol. The molecule has 0 spiro atoms. The molecule has 0 heterocycles. The van der Waals surface area contributed by atoms with Crippen molar-refractivity contribution in [2.75, 3.05) is 0 Å². The Labute approximate surface area is 92.1 Å². The highest BCUT2D eigenvalue weighted by Crippen LogP contribution is 2.25. The summed E-state index contributed by atoms with van der Waals surface area (Å²) in [6.07, 6.45) is 2.19. The molecule has 14 heavy (non-hydrogen) atoms. The molecule has 1 rings (SSSR count). The van der Waals surface area contributed by atoms with Crippen LogP contribution in [0.25, 0.3) is 0 Å². The average Bonchev–Trinajstić information content (AvgIpc) is 2.10. The number of phenolic OH excluding ortho intramolecular Hbond substituents is 1. The summed E-state index contributed by atoms with van der Waals surface area (Å²) in [6.45, 7) is 2.00. The van der Waals surface area contributed by atoms with Crippen molar-refractivity contribution in [2.24, 2.45) is 5.92 Å². The lowest BCUT2D eigenvalue weighted by molar-refractivity contribution is -0.108. The molecule has 0 aromatic heterocycles. The van der Waals surface area contributed by atoms with E-state index in [1.165, 1.54) is 0 Å². The van der Waals surface area contributed by atoms with Crippen LogP contribution in [0.5, 0.6) is 5.75 Å². The van der Waals surface area contributed by atoms with Gasteiger partial charge in [0.2, 0.25) is 0 Å². The first-order valence-corrected chi connectivity index (χ1v) is 5.33. The molecule has 0 aliphatic heterocycles. The highest BCUT2D eigenvalue weighted by atomic mass is 79.9. The van der Waals surface area contributed by atoms with Crippen LogP contribution in [0.4, 0.5) is 0 Å². The predicted molar refractivity (Wildman–Crippen MR) is 59.4 cm³/mol. The topological polar surface area (TPSA) is 37.3 Å². The maximum Gasteiger partial charge on any atom is 0.120 e. The number of carbonyl (C=O) groups is 1. The average molecular weight is 257 g/mol. The molecule has 0 amide bonds. The first kappa shape index (κ1) is 11.2. The van der Waals surface area contributed by atoms with Crippen molar-refractivity contribution in [3.63, 3.8) is 0 Å². The Bertz CT molecular complexity index is 323. The zero-order valence-electron chi connectivity index (χ0n) is 8.03. The van der Waals surface area contributed by atoms with Gasteiger partial charge in [0.25, 0.3) is 0 Å². The van der Waals surface area contributed by atoms with Gasteiger partial charge in [-0.25, -0.2) is 0 Å². The number of hydrogen-bond donors (Lipinski definition) is 1. The molecule has 1 aromatic rings. The minimum absolute atomic E-state index is 0.277. The molecule has 2 nitrogen and oxygen atoms in total. The minimum atomic E-state index is 0.277. The molecule has 0 saturated carbocycles. The second-order valence-corrected chi connectivity index (χ2v) is 4.40. The van der Waals surface area contributed by atoms with Gasteiger partial charge in [0.15, 0.2) is 0 Å². The van der Waals surface area contributed by atoms with Crippen LogP contribution in [-0.2, 0) is 11.2 Å². The van der Waals surface area contributed by atoms with Crippen LogP contribution in [0.2, 0.25) is 0 Å². The SMILES string of the molecule is CC(CC=O)Cc1ccc(Br)cc1O. The third-order valence-electron chi connectivity index (χ3n) is 2.11. The minimum Gasteiger partial charge on any atom is -0.508 e. The Kier molecular flexibility index (Phi) is 4.14. The molecule has 76 valence electrons. The maximum absolute atomic E-state index is 10.3. The van der Waals surface area contributed by atoms with Gasteiger partial charge in [0.1, 0.15) is 12.0 Å². The van der Waals surface area contributed by atoms with Crippen LogP contribution in [0, 0.1) is 5.92 Å². The lowest BCUT2D eigenvalue weighted by Gasteiger charge is -2.09. The fourth-order valence-electron chi connectivity index (χ4n) is 1.33. The summed E-state index contributed by atoms with van der Waals surface area (Å²) >= 11 is 3.28. The third kappa shape index (κ3) is 3.14. The zero-order valence-corrected chi connectivity index (χ0v) is 9.62. The normalized spacial score (nSPS) is 12.4. The molecular formula is C11H13BrO2. The van der Waals surface area contributed by atoms with E-state index in [4.69, 9.17) is 0 Å². The summed E-state index contributed by atoms with van der Waals surface area (Å²) in [5.74, 6) is 0.566. The van der Waals surface area contributed by atoms with Crippen LogP contribution >= 0.6 is 15.9 Å². The van der Waals surface area contributed by atoms with Gasteiger partial charge in [-0.1, -0.05) is 28.9 Å². The largest absolute Gasteiger partial charge is 0.508 e. The van der Waals surface area contributed by atoms with Crippen molar-refractivity contribution >= 4 is 22.2 Å². The van der Waals surface area contributed by atoms with Gasteiger partial charge in [0.05, 0.1) is 0 Å². The lowest BCUT2D eigenvalue weighted by atomic mass is 9.98. The molecule has 1 unspecified atom stereocenters. The van der Waals surface area contributed by atoms with Gasteiger partial charge in [-0.2, -0.15) is 0 Å². The molecule has 3 heteroatoms. The van der Waals surface area contributed by atoms with Crippen LogP contribution in [0.3, 0.4) is 0 Å². The number of rotatable bonds is 4. The van der Waals surface area contributed by atoms with Crippen molar-refractivity contribution in [2.45, 2.75) is 19.8 Å². The number of hydrogen-bond acceptors (Lipinski definition) is 2. The van der Waals surface area contributed by atoms with E-state index in [1.807, 2.05) is 19.1 Å². The number of aromatic hydroxyl groups is 1. The molecule has 0 radical (unpaired) electrons. The van der Waals surface area contributed by atoms with E-state index in [9.17, 15) is 9.90 Å². The summed E-state index contributed by atoms with van der Waals surface area (Å²) in [5.41, 5.74) is 0.891. The first-order chi connectivity index (χ1) is 6.63. The van der Waals surface area contributed by atoms with Crippen LogP contribution < -0.4 is 0 Å². The fourth-order valence-corrected chi connectivity index (χ4v) is 1.68. The molecule has 1 N–H and O–H groups in total. The molecule has 1 aromatic carbocycles. The van der Waals surface area contributed by atoms with E-state index in [0.29, 0.717) is 6.42 Å². The highest BCUT2D eigenvalue weighted by Gasteiger charge is 2.07. The summed E-state index contributed by atoms with van der Waals surface area (Å²) in [5, 5.41) is 9.59. The van der Waals surface area contributed by atoms with E-state index in [0.717, 1.165) is 22.7 Å². The predicted octanol–water partition coefficient (Wildman–Crippen LogP) is 2.92. The fraction of sp³-hybridized carbons (Fsp3) is 0.364. The number of halogens is 1. The van der Waals surface area contributed by atoms with Gasteiger partial charge >= 0.3 is 0 Å². The smallest absolute Gasteiger partial charge is 0.120 e. The maximum atomic E-state index is 10.3. The van der Waals surface area contributed by atoms with Gasteiger partial charge < -0.3 is 9.90 Å². The summed E-state index contributed by atoms with van der Waals surface area (Å²) in [7, 11) is 0. The standard InChI is InChI=1S/C11H13BrO2/c1-8(4-5-13)6-9-2-3-10(12)7-11(9)14/h2-3,5,7-8,14H,4,6H2,1H3. The molecule has 1 atom stereocenters. The monoisotopic (exact) mass is 256 g/mol. The van der Waals surface area contributed by atoms with Crippen molar-refractivity contribution in [1.82, 2.24) is 0 Å². The Hall–Kier alpha value is -0.830. The number of benzene rings is 1. The lowest BCUT2D eigenvalue weighted by Crippen LogP contribution is -2.00. The number of aldehydes is 1. The first-order valence-electron chi connectivity index (χ1n) is 4.54. The van der Waals surface area contributed by atoms with E-state index >= 15 is 0 Å². The van der Waals surface area contributed by atoms with Crippen molar-refractivity contribution in [3.8, 4) is 5.75 Å². The number of phenols is 1. The van der Waals surface area contributed by atoms with Gasteiger partial charge in [-0.3, -0.25) is 0 Å². The summed E-state index contributed by atoms with van der Waals surface area (Å²) in [6, 6.07) is 5.44. The summed E-state index contributed by atoms with van der Waals surface area (Å²) in [4.78, 5) is 10.3. The third-order valence-corrected chi connectivity index (χ3v) is 2.61. The highest BCUT2D eigenvalue weighted by molar-refractivity contribution is 9.10. The van der Waals surface area contributed by atoms with Gasteiger partial charge in [-0.15, -0.1) is 0 Å². The van der Waals surface area contributed by atoms with E-state index in [2.05, 4.69) is 15.9 Å². The van der Waals surface area contributed by atoms with E-state index < -0.39 is 0 Å². The van der Waals surface area contributed by atoms with Crippen molar-refractivity contribution in [3.05, 3.63) is 28.2 Å². The van der Waals surface area contributed by atoms with Gasteiger partial charge in [0, 0.05) is 10.9 Å². The molecule has 0 aliphatic carbocycles. The Morgan fingerprint density at radius 3 is 2.86 bits per heavy atom. The Morgan fingerprint density at radius 1 is 1.57 bits per heavy atom. The van der Waals surface area contributed by atoms with E-state index in [1.54, 1.807) is 6.07 Å². The molecule has 0 saturated heterocycles. The quantitative estimate of drug-likeness (QED) is 0.842. The second kappa shape index (κ2) is 5.15. The molecule has 0 bridgehead atoms. The molecule has 0 aliphatic rings. The molecule has 0 fully saturated rings. The van der Waals surface area contributed by atoms with Crippen LogP contribution in [0.15, 0.2) is 22.7 Å². The van der Waals surface area contributed by atoms with Crippen LogP contribution in [0.1, 0.15) is 18.9 Å². The van der Waals surface area contributed by atoms with Gasteiger partial charge in [-0.05, 0) is 30.0 Å². The zero-order chi connectivity index (χ0) is 10.6. The van der Waals surface area contributed by atoms with Crippen molar-refractivity contribution in [1.29, 1.82) is 0 Å². The van der Waals surface area contributed by atoms with E-state index in [-0.39, 0.29) is 11.7 Å². The summed E-state index contributed by atoms with van der Waals surface area (Å²) < 4.78 is 0.863. The number of carbonyl (C=O) groups excluding carboxylic acids is 1. The van der Waals surface area contributed by atoms with Crippen molar-refractivity contribution < 1.29 is 9.90 Å². The van der Waals surface area contributed by atoms with Crippen LogP contribution in [-0.4, -0.2) is 11.4 Å².